The first-order valence-electron chi connectivity index (χ1n) is 3.92. The lowest BCUT2D eigenvalue weighted by molar-refractivity contribution is 0.270. The third-order valence-electron chi connectivity index (χ3n) is 1.41. The van der Waals surface area contributed by atoms with Gasteiger partial charge in [-0.3, -0.25) is 0 Å². The first-order valence-corrected chi connectivity index (χ1v) is 5.92. The molecule has 0 aliphatic rings. The van der Waals surface area contributed by atoms with Crippen LogP contribution in [0.25, 0.3) is 0 Å². The molecule has 58 valence electrons. The molecule has 0 bridgehead atoms. The SMILES string of the molecule is CCC[SiH2]CCCOC#N. The van der Waals surface area contributed by atoms with E-state index in [2.05, 4.69) is 11.7 Å². The van der Waals surface area contributed by atoms with Gasteiger partial charge in [-0.1, -0.05) is 25.4 Å². The molecule has 0 aliphatic carbocycles. The minimum absolute atomic E-state index is 0.194. The van der Waals surface area contributed by atoms with Crippen LogP contribution in [-0.2, 0) is 4.74 Å². The van der Waals surface area contributed by atoms with Gasteiger partial charge in [0.1, 0.15) is 6.61 Å². The Kier molecular flexibility index (Phi) is 8.09. The maximum atomic E-state index is 8.01. The average Bonchev–Trinajstić information content (AvgIpc) is 1.97. The van der Waals surface area contributed by atoms with Gasteiger partial charge >= 0.3 is 0 Å². The second kappa shape index (κ2) is 8.51. The van der Waals surface area contributed by atoms with E-state index >= 15 is 0 Å². The van der Waals surface area contributed by atoms with E-state index in [1.54, 1.807) is 6.26 Å². The fourth-order valence-electron chi connectivity index (χ4n) is 0.823. The van der Waals surface area contributed by atoms with E-state index in [1.807, 2.05) is 0 Å². The fraction of sp³-hybridized carbons (Fsp3) is 0.857. The van der Waals surface area contributed by atoms with Crippen LogP contribution >= 0.6 is 0 Å². The van der Waals surface area contributed by atoms with Gasteiger partial charge in [-0.25, -0.2) is 0 Å². The summed E-state index contributed by atoms with van der Waals surface area (Å²) in [4.78, 5) is 0. The lowest BCUT2D eigenvalue weighted by Crippen LogP contribution is -1.92. The Bertz CT molecular complexity index is 100. The van der Waals surface area contributed by atoms with E-state index in [-0.39, 0.29) is 9.52 Å². The number of hydrogen-bond donors (Lipinski definition) is 0. The Morgan fingerprint density at radius 3 is 2.90 bits per heavy atom. The third kappa shape index (κ3) is 7.51. The Morgan fingerprint density at radius 1 is 1.50 bits per heavy atom. The van der Waals surface area contributed by atoms with E-state index in [1.165, 1.54) is 18.5 Å². The largest absolute Gasteiger partial charge is 0.428 e. The zero-order valence-electron chi connectivity index (χ0n) is 6.60. The summed E-state index contributed by atoms with van der Waals surface area (Å²) < 4.78 is 4.54. The van der Waals surface area contributed by atoms with Crippen LogP contribution in [0.3, 0.4) is 0 Å². The number of rotatable bonds is 6. The van der Waals surface area contributed by atoms with E-state index in [9.17, 15) is 0 Å². The van der Waals surface area contributed by atoms with Crippen molar-refractivity contribution >= 4 is 9.52 Å². The second-order valence-electron chi connectivity index (χ2n) is 2.35. The molecule has 2 nitrogen and oxygen atoms in total. The molecule has 0 radical (unpaired) electrons. The summed E-state index contributed by atoms with van der Waals surface area (Å²) in [5, 5.41) is 8.01. The number of ether oxygens (including phenoxy) is 1. The molecule has 0 aliphatic heterocycles. The van der Waals surface area contributed by atoms with Crippen molar-refractivity contribution in [3.05, 3.63) is 0 Å². The monoisotopic (exact) mass is 157 g/mol. The molecule has 0 fully saturated rings. The summed E-state index contributed by atoms with van der Waals surface area (Å²) in [7, 11) is 0.194. The molecule has 0 aromatic carbocycles. The highest BCUT2D eigenvalue weighted by atomic mass is 28.2. The first kappa shape index (κ1) is 9.51. The molecule has 3 heteroatoms. The lowest BCUT2D eigenvalue weighted by Gasteiger charge is -1.95. The van der Waals surface area contributed by atoms with Gasteiger partial charge in [-0.2, -0.15) is 5.26 Å². The van der Waals surface area contributed by atoms with E-state index in [0.29, 0.717) is 6.61 Å². The van der Waals surface area contributed by atoms with Crippen LogP contribution in [0.4, 0.5) is 0 Å². The summed E-state index contributed by atoms with van der Waals surface area (Å²) >= 11 is 0. The molecule has 0 N–H and O–H groups in total. The van der Waals surface area contributed by atoms with Gasteiger partial charge in [0.2, 0.25) is 0 Å². The molecule has 0 heterocycles. The summed E-state index contributed by atoms with van der Waals surface area (Å²) in [6.07, 6.45) is 4.08. The molecule has 0 aromatic rings. The molecule has 0 unspecified atom stereocenters. The molecule has 0 aromatic heterocycles. The predicted molar refractivity (Wildman–Crippen MR) is 44.6 cm³/mol. The summed E-state index contributed by atoms with van der Waals surface area (Å²) in [6.45, 7) is 2.85. The highest BCUT2D eigenvalue weighted by Gasteiger charge is 1.88. The van der Waals surface area contributed by atoms with Gasteiger partial charge in [-0.05, 0) is 6.42 Å². The highest BCUT2D eigenvalue weighted by Crippen LogP contribution is 1.94. The van der Waals surface area contributed by atoms with Gasteiger partial charge < -0.3 is 4.74 Å². The Morgan fingerprint density at radius 2 is 2.30 bits per heavy atom. The average molecular weight is 157 g/mol. The maximum Gasteiger partial charge on any atom is 0.286 e. The van der Waals surface area contributed by atoms with Crippen LogP contribution in [-0.4, -0.2) is 16.1 Å². The molecular weight excluding hydrogens is 142 g/mol. The predicted octanol–water partition coefficient (Wildman–Crippen LogP) is 1.29. The van der Waals surface area contributed by atoms with E-state index in [4.69, 9.17) is 5.26 Å². The zero-order valence-corrected chi connectivity index (χ0v) is 8.01. The summed E-state index contributed by atoms with van der Waals surface area (Å²) in [5.41, 5.74) is 0. The van der Waals surface area contributed by atoms with Crippen molar-refractivity contribution in [2.24, 2.45) is 0 Å². The Balaban J connectivity index is 2.72. The van der Waals surface area contributed by atoms with Gasteiger partial charge in [0.15, 0.2) is 0 Å². The Labute approximate surface area is 65.0 Å². The van der Waals surface area contributed by atoms with Crippen LogP contribution in [0.5, 0.6) is 0 Å². The van der Waals surface area contributed by atoms with E-state index < -0.39 is 0 Å². The first-order chi connectivity index (χ1) is 4.91. The van der Waals surface area contributed by atoms with Gasteiger partial charge in [0.25, 0.3) is 6.26 Å². The fourth-order valence-corrected chi connectivity index (χ4v) is 2.23. The van der Waals surface area contributed by atoms with Crippen LogP contribution in [0.15, 0.2) is 0 Å². The highest BCUT2D eigenvalue weighted by molar-refractivity contribution is 6.35. The summed E-state index contributed by atoms with van der Waals surface area (Å²) in [5.74, 6) is 0. The molecule has 0 saturated heterocycles. The zero-order chi connectivity index (χ0) is 7.66. The van der Waals surface area contributed by atoms with Crippen LogP contribution in [0.1, 0.15) is 19.8 Å². The van der Waals surface area contributed by atoms with Crippen molar-refractivity contribution < 1.29 is 4.74 Å². The van der Waals surface area contributed by atoms with Crippen LogP contribution in [0.2, 0.25) is 12.1 Å². The van der Waals surface area contributed by atoms with Gasteiger partial charge in [0.05, 0.1) is 0 Å². The standard InChI is InChI=1S/C7H15NOSi/c1-2-5-10-6-3-4-9-7-8/h2-6,10H2,1H3. The van der Waals surface area contributed by atoms with Gasteiger partial charge in [0, 0.05) is 9.52 Å². The number of nitriles is 1. The molecule has 0 saturated carbocycles. The molecule has 0 spiro atoms. The summed E-state index contributed by atoms with van der Waals surface area (Å²) in [6, 6.07) is 2.77. The van der Waals surface area contributed by atoms with Gasteiger partial charge in [-0.15, -0.1) is 0 Å². The second-order valence-corrected chi connectivity index (χ2v) is 4.48. The van der Waals surface area contributed by atoms with Crippen molar-refractivity contribution in [3.8, 4) is 6.26 Å². The maximum absolute atomic E-state index is 8.01. The van der Waals surface area contributed by atoms with Crippen molar-refractivity contribution in [1.82, 2.24) is 0 Å². The van der Waals surface area contributed by atoms with Crippen molar-refractivity contribution in [2.75, 3.05) is 6.61 Å². The van der Waals surface area contributed by atoms with Crippen molar-refractivity contribution in [1.29, 1.82) is 5.26 Å². The smallest absolute Gasteiger partial charge is 0.286 e. The molecular formula is C7H15NOSi. The molecule has 0 amide bonds. The Hall–Kier alpha value is -0.493. The minimum atomic E-state index is 0.194. The number of nitrogens with zero attached hydrogens (tertiary/aromatic N) is 1. The quantitative estimate of drug-likeness (QED) is 0.331. The van der Waals surface area contributed by atoms with Crippen molar-refractivity contribution in [2.45, 2.75) is 31.9 Å². The molecule has 0 rings (SSSR count). The van der Waals surface area contributed by atoms with Crippen LogP contribution < -0.4 is 0 Å². The topological polar surface area (TPSA) is 33.0 Å². The normalized spacial score (nSPS) is 10.0. The third-order valence-corrected chi connectivity index (χ3v) is 3.62. The van der Waals surface area contributed by atoms with Crippen LogP contribution in [0, 0.1) is 11.5 Å². The van der Waals surface area contributed by atoms with Crippen molar-refractivity contribution in [3.63, 3.8) is 0 Å². The minimum Gasteiger partial charge on any atom is -0.428 e. The number of hydrogen-bond acceptors (Lipinski definition) is 2. The van der Waals surface area contributed by atoms with E-state index in [0.717, 1.165) is 6.42 Å². The molecule has 0 atom stereocenters. The lowest BCUT2D eigenvalue weighted by atomic mass is 10.5. The molecule has 10 heavy (non-hydrogen) atoms.